The topological polar surface area (TPSA) is 61.0 Å². The average molecular weight is 338 g/mol. The molecule has 2 heterocycles. The first kappa shape index (κ1) is 15.8. The van der Waals surface area contributed by atoms with Crippen LogP contribution in [-0.4, -0.2) is 40.4 Å². The van der Waals surface area contributed by atoms with Crippen molar-refractivity contribution in [1.82, 2.24) is 20.2 Å². The minimum Gasteiger partial charge on any atom is -0.347 e. The molecule has 1 aliphatic heterocycles. The number of likely N-dealkylation sites (tertiary alicyclic amines) is 1. The summed E-state index contributed by atoms with van der Waals surface area (Å²) in [6.07, 6.45) is 2.47. The molecular formula is C19H19FN4O. The van der Waals surface area contributed by atoms with Crippen molar-refractivity contribution in [2.45, 2.75) is 18.5 Å². The fraction of sp³-hybridized carbons (Fsp3) is 0.263. The average Bonchev–Trinajstić information content (AvgIpc) is 3.22. The Kier molecular flexibility index (Phi) is 3.97. The van der Waals surface area contributed by atoms with E-state index in [9.17, 15) is 9.18 Å². The van der Waals surface area contributed by atoms with Crippen molar-refractivity contribution in [3.05, 3.63) is 65.7 Å². The van der Waals surface area contributed by atoms with E-state index >= 15 is 0 Å². The smallest absolute Gasteiger partial charge is 0.251 e. The van der Waals surface area contributed by atoms with Gasteiger partial charge < -0.3 is 10.3 Å². The number of nitrogens with zero attached hydrogens (tertiary/aromatic N) is 2. The van der Waals surface area contributed by atoms with Crippen LogP contribution in [0.25, 0.3) is 11.0 Å². The molecule has 1 aromatic heterocycles. The summed E-state index contributed by atoms with van der Waals surface area (Å²) >= 11 is 0. The minimum atomic E-state index is -0.252. The molecule has 1 saturated heterocycles. The quantitative estimate of drug-likeness (QED) is 0.772. The molecule has 0 spiro atoms. The molecule has 1 aliphatic rings. The van der Waals surface area contributed by atoms with Gasteiger partial charge in [-0.25, -0.2) is 9.37 Å². The van der Waals surface area contributed by atoms with Crippen LogP contribution in [-0.2, 0) is 0 Å². The Morgan fingerprint density at radius 1 is 1.28 bits per heavy atom. The summed E-state index contributed by atoms with van der Waals surface area (Å²) in [5, 5.41) is 3.14. The highest BCUT2D eigenvalue weighted by atomic mass is 19.1. The largest absolute Gasteiger partial charge is 0.347 e. The van der Waals surface area contributed by atoms with Gasteiger partial charge in [-0.05, 0) is 49.4 Å². The van der Waals surface area contributed by atoms with Crippen LogP contribution in [0.2, 0.25) is 0 Å². The second-order valence-corrected chi connectivity index (χ2v) is 6.48. The Morgan fingerprint density at radius 3 is 2.88 bits per heavy atom. The van der Waals surface area contributed by atoms with E-state index in [1.165, 1.54) is 12.1 Å². The molecule has 2 unspecified atom stereocenters. The highest BCUT2D eigenvalue weighted by Gasteiger charge is 2.34. The van der Waals surface area contributed by atoms with Crippen LogP contribution in [0.4, 0.5) is 4.39 Å². The number of benzene rings is 2. The van der Waals surface area contributed by atoms with Crippen molar-refractivity contribution in [2.75, 3.05) is 13.6 Å². The van der Waals surface area contributed by atoms with E-state index in [2.05, 4.69) is 20.2 Å². The highest BCUT2D eigenvalue weighted by molar-refractivity contribution is 5.97. The second kappa shape index (κ2) is 6.29. The van der Waals surface area contributed by atoms with E-state index in [4.69, 9.17) is 0 Å². The molecular weight excluding hydrogens is 319 g/mol. The number of likely N-dealkylation sites (N-methyl/N-ethyl adjacent to an activating group) is 1. The number of halogens is 1. The van der Waals surface area contributed by atoms with Crippen molar-refractivity contribution in [3.63, 3.8) is 0 Å². The third-order valence-electron chi connectivity index (χ3n) is 4.86. The Balaban J connectivity index is 1.55. The maximum Gasteiger partial charge on any atom is 0.251 e. The fourth-order valence-electron chi connectivity index (χ4n) is 3.57. The van der Waals surface area contributed by atoms with Gasteiger partial charge in [-0.15, -0.1) is 0 Å². The summed E-state index contributed by atoms with van der Waals surface area (Å²) in [4.78, 5) is 22.1. The summed E-state index contributed by atoms with van der Waals surface area (Å²) in [5.74, 6) is -0.359. The van der Waals surface area contributed by atoms with Gasteiger partial charge in [-0.3, -0.25) is 9.69 Å². The van der Waals surface area contributed by atoms with Gasteiger partial charge in [0.2, 0.25) is 0 Å². The first-order chi connectivity index (χ1) is 12.1. The molecule has 5 nitrogen and oxygen atoms in total. The van der Waals surface area contributed by atoms with E-state index in [0.717, 1.165) is 29.6 Å². The molecule has 4 rings (SSSR count). The molecule has 3 aromatic rings. The Labute approximate surface area is 144 Å². The monoisotopic (exact) mass is 338 g/mol. The number of aromatic nitrogens is 2. The van der Waals surface area contributed by atoms with Crippen LogP contribution in [0.5, 0.6) is 0 Å². The van der Waals surface area contributed by atoms with Crippen molar-refractivity contribution in [1.29, 1.82) is 0 Å². The summed E-state index contributed by atoms with van der Waals surface area (Å²) in [6.45, 7) is 0.882. The molecule has 128 valence electrons. The molecule has 0 aliphatic carbocycles. The zero-order valence-corrected chi connectivity index (χ0v) is 13.9. The first-order valence-corrected chi connectivity index (χ1v) is 8.31. The normalized spacial score (nSPS) is 20.9. The number of carbonyl (C=O) groups is 1. The maximum absolute atomic E-state index is 13.2. The molecule has 0 saturated carbocycles. The number of imidazole rings is 1. The van der Waals surface area contributed by atoms with Crippen molar-refractivity contribution in [3.8, 4) is 0 Å². The van der Waals surface area contributed by atoms with Gasteiger partial charge in [0, 0.05) is 12.1 Å². The number of hydrogen-bond donors (Lipinski definition) is 2. The predicted molar refractivity (Wildman–Crippen MR) is 93.7 cm³/mol. The van der Waals surface area contributed by atoms with Crippen molar-refractivity contribution < 1.29 is 9.18 Å². The van der Waals surface area contributed by atoms with Gasteiger partial charge in [0.15, 0.2) is 0 Å². The lowest BCUT2D eigenvalue weighted by molar-refractivity contribution is 0.0928. The molecule has 0 bridgehead atoms. The van der Waals surface area contributed by atoms with Crippen LogP contribution in [0.15, 0.2) is 48.8 Å². The maximum atomic E-state index is 13.2. The summed E-state index contributed by atoms with van der Waals surface area (Å²) in [6, 6.07) is 12.0. The van der Waals surface area contributed by atoms with Gasteiger partial charge in [0.1, 0.15) is 5.82 Å². The molecule has 0 radical (unpaired) electrons. The van der Waals surface area contributed by atoms with E-state index in [1.54, 1.807) is 24.5 Å². The number of carbonyl (C=O) groups excluding carboxylic acids is 1. The summed E-state index contributed by atoms with van der Waals surface area (Å²) < 4.78 is 13.2. The second-order valence-electron chi connectivity index (χ2n) is 6.48. The van der Waals surface area contributed by atoms with E-state index in [1.807, 2.05) is 19.2 Å². The zero-order valence-electron chi connectivity index (χ0n) is 13.9. The minimum absolute atomic E-state index is 0.0135. The zero-order chi connectivity index (χ0) is 17.4. The fourth-order valence-corrected chi connectivity index (χ4v) is 3.57. The number of nitrogens with one attached hydrogen (secondary N) is 2. The standard InChI is InChI=1S/C19H19FN4O/c1-24-9-8-16(18(24)12-2-5-14(20)6-3-12)23-19(25)13-4-7-15-17(10-13)22-11-21-15/h2-7,10-11,16,18H,8-9H2,1H3,(H,21,22)(H,23,25). The number of H-pyrrole nitrogens is 1. The van der Waals surface area contributed by atoms with Gasteiger partial charge in [-0.2, -0.15) is 0 Å². The SMILES string of the molecule is CN1CCC(NC(=O)c2ccc3nc[nH]c3c2)C1c1ccc(F)cc1. The third-order valence-corrected chi connectivity index (χ3v) is 4.86. The van der Waals surface area contributed by atoms with Crippen molar-refractivity contribution >= 4 is 16.9 Å². The van der Waals surface area contributed by atoms with E-state index in [0.29, 0.717) is 5.56 Å². The number of aromatic amines is 1. The van der Waals surface area contributed by atoms with Gasteiger partial charge in [0.05, 0.1) is 29.4 Å². The van der Waals surface area contributed by atoms with Crippen LogP contribution >= 0.6 is 0 Å². The van der Waals surface area contributed by atoms with Gasteiger partial charge >= 0.3 is 0 Å². The van der Waals surface area contributed by atoms with Gasteiger partial charge in [-0.1, -0.05) is 12.1 Å². The van der Waals surface area contributed by atoms with E-state index in [-0.39, 0.29) is 23.8 Å². The summed E-state index contributed by atoms with van der Waals surface area (Å²) in [7, 11) is 2.02. The van der Waals surface area contributed by atoms with Crippen molar-refractivity contribution in [2.24, 2.45) is 0 Å². The molecule has 1 amide bonds. The predicted octanol–water partition coefficient (Wildman–Crippen LogP) is 2.88. The van der Waals surface area contributed by atoms with Crippen LogP contribution in [0.3, 0.4) is 0 Å². The number of rotatable bonds is 3. The number of fused-ring (bicyclic) bond motifs is 1. The number of hydrogen-bond acceptors (Lipinski definition) is 3. The Hall–Kier alpha value is -2.73. The van der Waals surface area contributed by atoms with Gasteiger partial charge in [0.25, 0.3) is 5.91 Å². The van der Waals surface area contributed by atoms with Crippen LogP contribution < -0.4 is 5.32 Å². The first-order valence-electron chi connectivity index (χ1n) is 8.31. The Bertz CT molecular complexity index is 905. The molecule has 1 fully saturated rings. The summed E-state index contributed by atoms with van der Waals surface area (Å²) in [5.41, 5.74) is 3.28. The molecule has 2 aromatic carbocycles. The molecule has 6 heteroatoms. The lowest BCUT2D eigenvalue weighted by atomic mass is 9.99. The lowest BCUT2D eigenvalue weighted by Gasteiger charge is -2.26. The molecule has 2 N–H and O–H groups in total. The molecule has 25 heavy (non-hydrogen) atoms. The molecule has 2 atom stereocenters. The van der Waals surface area contributed by atoms with E-state index < -0.39 is 0 Å². The lowest BCUT2D eigenvalue weighted by Crippen LogP contribution is -2.39. The van der Waals surface area contributed by atoms with Crippen LogP contribution in [0.1, 0.15) is 28.4 Å². The number of amides is 1. The Morgan fingerprint density at radius 2 is 2.08 bits per heavy atom. The van der Waals surface area contributed by atoms with Crippen LogP contribution in [0, 0.1) is 5.82 Å². The highest BCUT2D eigenvalue weighted by Crippen LogP contribution is 2.31. The third kappa shape index (κ3) is 3.00.